The number of aliphatic hydroxyl groups excluding tert-OH is 1. The number of unbranched alkanes of at least 4 members (excludes halogenated alkanes) is 8. The minimum absolute atomic E-state index is 0.0303. The summed E-state index contributed by atoms with van der Waals surface area (Å²) in [7, 11) is -2.03. The van der Waals surface area contributed by atoms with E-state index in [2.05, 4.69) is 20.6 Å². The number of aromatic nitrogens is 2. The Hall–Kier alpha value is -4.98. The molecule has 53 heavy (non-hydrogen) atoms. The molecule has 0 fully saturated rings. The van der Waals surface area contributed by atoms with Crippen LogP contribution in [0.3, 0.4) is 0 Å². The van der Waals surface area contributed by atoms with Crippen molar-refractivity contribution < 1.29 is 28.2 Å². The number of phenolic OH excluding ortho intramolecular Hbond substituents is 1. The molecule has 0 saturated heterocycles. The first-order chi connectivity index (χ1) is 25.5. The number of aromatic amines is 1. The van der Waals surface area contributed by atoms with Gasteiger partial charge in [-0.3, -0.25) is 14.6 Å². The van der Waals surface area contributed by atoms with E-state index in [4.69, 9.17) is 10.5 Å². The van der Waals surface area contributed by atoms with E-state index < -0.39 is 21.8 Å². The average molecular weight is 744 g/mol. The van der Waals surface area contributed by atoms with Gasteiger partial charge in [0.25, 0.3) is 5.91 Å². The van der Waals surface area contributed by atoms with Crippen molar-refractivity contribution in [2.24, 2.45) is 5.73 Å². The van der Waals surface area contributed by atoms with Crippen LogP contribution < -0.4 is 26.7 Å². The van der Waals surface area contributed by atoms with Gasteiger partial charge in [0.05, 0.1) is 46.1 Å². The van der Waals surface area contributed by atoms with Crippen LogP contribution >= 0.6 is 0 Å². The molecule has 12 nitrogen and oxygen atoms in total. The Morgan fingerprint density at radius 1 is 0.943 bits per heavy atom. The van der Waals surface area contributed by atoms with Gasteiger partial charge in [-0.2, -0.15) is 0 Å². The number of amides is 1. The zero-order chi connectivity index (χ0) is 38.0. The summed E-state index contributed by atoms with van der Waals surface area (Å²) in [6.45, 7) is 2.95. The van der Waals surface area contributed by atoms with Crippen LogP contribution in [0.2, 0.25) is 0 Å². The second-order valence-electron chi connectivity index (χ2n) is 13.4. The number of carbonyl (C=O) groups excluding carboxylic acids is 1. The highest BCUT2D eigenvalue weighted by Crippen LogP contribution is 2.34. The molecule has 0 radical (unpaired) electrons. The molecule has 5 aromatic rings. The molecule has 282 valence electrons. The maximum Gasteiger partial charge on any atom is 0.252 e. The summed E-state index contributed by atoms with van der Waals surface area (Å²) in [4.78, 5) is 31.3. The Kier molecular flexibility index (Phi) is 13.5. The summed E-state index contributed by atoms with van der Waals surface area (Å²) in [6, 6.07) is 16.6. The number of fused-ring (bicyclic) bond motifs is 2. The van der Waals surface area contributed by atoms with Gasteiger partial charge in [-0.1, -0.05) is 57.1 Å². The first kappa shape index (κ1) is 39.2. The van der Waals surface area contributed by atoms with Crippen molar-refractivity contribution in [1.82, 2.24) is 15.3 Å². The van der Waals surface area contributed by atoms with Crippen LogP contribution in [-0.4, -0.2) is 60.5 Å². The van der Waals surface area contributed by atoms with Crippen molar-refractivity contribution in [1.29, 1.82) is 0 Å². The lowest BCUT2D eigenvalue weighted by molar-refractivity contribution is 0.100. The first-order valence-electron chi connectivity index (χ1n) is 18.1. The fourth-order valence-electron chi connectivity index (χ4n) is 6.59. The van der Waals surface area contributed by atoms with Gasteiger partial charge in [-0.15, -0.1) is 0 Å². The molecule has 2 heterocycles. The molecule has 0 unspecified atom stereocenters. The van der Waals surface area contributed by atoms with E-state index in [0.717, 1.165) is 57.9 Å². The van der Waals surface area contributed by atoms with E-state index >= 15 is 0 Å². The molecule has 0 spiro atoms. The summed E-state index contributed by atoms with van der Waals surface area (Å²) in [6.07, 6.45) is 9.40. The fourth-order valence-corrected chi connectivity index (χ4v) is 8.06. The first-order valence-corrected chi connectivity index (χ1v) is 19.7. The van der Waals surface area contributed by atoms with E-state index in [9.17, 15) is 28.2 Å². The number of hydrogen-bond acceptors (Lipinski definition) is 10. The third-order valence-corrected chi connectivity index (χ3v) is 11.2. The van der Waals surface area contributed by atoms with Crippen molar-refractivity contribution in [2.75, 3.05) is 31.3 Å². The minimum atomic E-state index is -3.59. The number of anilines is 2. The predicted octanol–water partition coefficient (Wildman–Crippen LogP) is 6.55. The zero-order valence-electron chi connectivity index (χ0n) is 30.3. The molecule has 7 N–H and O–H groups in total. The number of carbonyl (C=O) groups is 1. The number of pyridine rings is 2. The van der Waals surface area contributed by atoms with Gasteiger partial charge in [0.1, 0.15) is 11.5 Å². The van der Waals surface area contributed by atoms with E-state index in [1.165, 1.54) is 18.3 Å². The lowest BCUT2D eigenvalue weighted by atomic mass is 10.0. The summed E-state index contributed by atoms with van der Waals surface area (Å²) in [5, 5.41) is 28.4. The number of H-pyrrole nitrogens is 1. The summed E-state index contributed by atoms with van der Waals surface area (Å²) in [5.41, 5.74) is 8.81. The largest absolute Gasteiger partial charge is 0.506 e. The number of nitrogens with two attached hydrogens (primary N) is 1. The Balaban J connectivity index is 1.02. The number of nitrogens with one attached hydrogen (secondary N) is 3. The number of primary amides is 1. The monoisotopic (exact) mass is 743 g/mol. The minimum Gasteiger partial charge on any atom is -0.506 e. The van der Waals surface area contributed by atoms with Crippen molar-refractivity contribution in [2.45, 2.75) is 75.7 Å². The SMILES string of the molecule is COc1cccc(Nc2c(C(N)=O)cnc3c(C)cc(S(=O)(=O)CCCCCCCCCCCNC[C@H](O)c4ccc(O)c5[nH]c(=O)ccc45)cc23)c1. The Bertz CT molecular complexity index is 2220. The van der Waals surface area contributed by atoms with Crippen LogP contribution in [0.4, 0.5) is 11.4 Å². The number of phenols is 1. The maximum atomic E-state index is 13.5. The third-order valence-electron chi connectivity index (χ3n) is 9.47. The zero-order valence-corrected chi connectivity index (χ0v) is 31.1. The van der Waals surface area contributed by atoms with Gasteiger partial charge in [-0.25, -0.2) is 8.42 Å². The number of methoxy groups -OCH3 is 1. The van der Waals surface area contributed by atoms with Crippen LogP contribution in [0.15, 0.2) is 76.6 Å². The summed E-state index contributed by atoms with van der Waals surface area (Å²) in [5.74, 6) is -0.0564. The van der Waals surface area contributed by atoms with E-state index in [-0.39, 0.29) is 27.5 Å². The Labute approximate surface area is 309 Å². The molecule has 1 amide bonds. The molecule has 0 aliphatic rings. The van der Waals surface area contributed by atoms with E-state index in [1.807, 2.05) is 6.07 Å². The molecule has 0 aliphatic carbocycles. The average Bonchev–Trinajstić information content (AvgIpc) is 3.13. The van der Waals surface area contributed by atoms with Crippen LogP contribution in [0.1, 0.15) is 85.4 Å². The van der Waals surface area contributed by atoms with E-state index in [1.54, 1.807) is 56.5 Å². The van der Waals surface area contributed by atoms with Gasteiger partial charge in [0.15, 0.2) is 9.84 Å². The molecule has 0 bridgehead atoms. The molecule has 5 rings (SSSR count). The molecule has 1 atom stereocenters. The number of sulfone groups is 1. The topological polar surface area (TPSA) is 197 Å². The van der Waals surface area contributed by atoms with Gasteiger partial charge < -0.3 is 36.3 Å². The highest BCUT2D eigenvalue weighted by atomic mass is 32.2. The van der Waals surface area contributed by atoms with Gasteiger partial charge in [0.2, 0.25) is 5.56 Å². The molecule has 3 aromatic carbocycles. The standard InChI is InChI=1S/C40H49N5O7S/c1-26-21-29(23-32-37(26)43-24-33(40(41)49)38(32)44-27-13-12-14-28(22-27)52-2)53(50,51)20-11-9-7-5-3-4-6-8-10-19-42-25-35(47)30-15-17-34(46)39-31(30)16-18-36(48)45-39/h12-18,21-24,35,42,46-47H,3-11,19-20,25H2,1-2H3,(H2,41,49)(H,43,44)(H,45,48)/t35-/m0/s1. The lowest BCUT2D eigenvalue weighted by Gasteiger charge is -2.16. The lowest BCUT2D eigenvalue weighted by Crippen LogP contribution is -2.22. The van der Waals surface area contributed by atoms with E-state index in [0.29, 0.717) is 63.0 Å². The maximum absolute atomic E-state index is 13.5. The number of aryl methyl sites for hydroxylation is 1. The number of benzene rings is 3. The Morgan fingerprint density at radius 3 is 2.38 bits per heavy atom. The van der Waals surface area contributed by atoms with Crippen molar-refractivity contribution >= 4 is 48.9 Å². The van der Waals surface area contributed by atoms with Crippen molar-refractivity contribution in [3.63, 3.8) is 0 Å². The number of nitrogens with zero attached hydrogens (tertiary/aromatic N) is 1. The van der Waals surface area contributed by atoms with Crippen molar-refractivity contribution in [3.8, 4) is 11.5 Å². The van der Waals surface area contributed by atoms with Crippen LogP contribution in [0.25, 0.3) is 21.8 Å². The number of aromatic hydroxyl groups is 1. The highest BCUT2D eigenvalue weighted by molar-refractivity contribution is 7.91. The fraction of sp³-hybridized carbons (Fsp3) is 0.375. The quantitative estimate of drug-likeness (QED) is 0.0476. The predicted molar refractivity (Wildman–Crippen MR) is 209 cm³/mol. The molecular formula is C40H49N5O7S. The van der Waals surface area contributed by atoms with Gasteiger partial charge in [0, 0.05) is 41.3 Å². The summed E-state index contributed by atoms with van der Waals surface area (Å²) >= 11 is 0. The van der Waals surface area contributed by atoms with Crippen LogP contribution in [-0.2, 0) is 9.84 Å². The number of hydrogen-bond donors (Lipinski definition) is 6. The molecule has 0 saturated carbocycles. The molecule has 13 heteroatoms. The van der Waals surface area contributed by atoms with Crippen LogP contribution in [0.5, 0.6) is 11.5 Å². The molecule has 0 aliphatic heterocycles. The molecule has 2 aromatic heterocycles. The second-order valence-corrected chi connectivity index (χ2v) is 15.5. The second kappa shape index (κ2) is 18.2. The third kappa shape index (κ3) is 10.1. The summed E-state index contributed by atoms with van der Waals surface area (Å²) < 4.78 is 32.3. The smallest absolute Gasteiger partial charge is 0.252 e. The molecular weight excluding hydrogens is 695 g/mol. The number of rotatable bonds is 20. The van der Waals surface area contributed by atoms with Crippen LogP contribution in [0, 0.1) is 6.92 Å². The Morgan fingerprint density at radius 2 is 1.66 bits per heavy atom. The van der Waals surface area contributed by atoms with Crippen molar-refractivity contribution in [3.05, 3.63) is 93.9 Å². The van der Waals surface area contributed by atoms with Gasteiger partial charge in [-0.05, 0) is 73.8 Å². The number of aliphatic hydroxyl groups is 1. The highest BCUT2D eigenvalue weighted by Gasteiger charge is 2.21. The van der Waals surface area contributed by atoms with Gasteiger partial charge >= 0.3 is 0 Å². The normalized spacial score (nSPS) is 12.3. The number of ether oxygens (including phenoxy) is 1.